The third kappa shape index (κ3) is 3.84. The van der Waals surface area contributed by atoms with E-state index in [9.17, 15) is 9.59 Å². The van der Waals surface area contributed by atoms with Gasteiger partial charge in [0.2, 0.25) is 11.8 Å². The summed E-state index contributed by atoms with van der Waals surface area (Å²) >= 11 is 0. The molecule has 1 unspecified atom stereocenters. The molecule has 2 amide bonds. The Morgan fingerprint density at radius 2 is 1.79 bits per heavy atom. The summed E-state index contributed by atoms with van der Waals surface area (Å²) in [4.78, 5) is 29.7. The molecule has 1 aromatic heterocycles. The second kappa shape index (κ2) is 8.21. The van der Waals surface area contributed by atoms with E-state index in [-0.39, 0.29) is 36.4 Å². The van der Waals surface area contributed by atoms with Crippen LogP contribution >= 0.6 is 0 Å². The summed E-state index contributed by atoms with van der Waals surface area (Å²) in [5.41, 5.74) is 3.43. The monoisotopic (exact) mass is 381 g/mol. The van der Waals surface area contributed by atoms with E-state index in [0.717, 1.165) is 17.8 Å². The molecular formula is C23H31N3O2. The van der Waals surface area contributed by atoms with Crippen molar-refractivity contribution < 1.29 is 9.59 Å². The molecule has 1 aliphatic rings. The van der Waals surface area contributed by atoms with Crippen LogP contribution in [0.15, 0.2) is 42.6 Å². The number of aryl methyl sites for hydroxylation is 1. The Hall–Kier alpha value is -2.56. The number of carbonyl (C=O) groups excluding carboxylic acids is 2. The molecule has 28 heavy (non-hydrogen) atoms. The van der Waals surface area contributed by atoms with Gasteiger partial charge in [-0.05, 0) is 44.0 Å². The third-order valence-electron chi connectivity index (χ3n) is 5.55. The molecule has 2 aromatic rings. The molecule has 1 aromatic carbocycles. The van der Waals surface area contributed by atoms with Gasteiger partial charge in [0.25, 0.3) is 0 Å². The topological polar surface area (TPSA) is 45.6 Å². The van der Waals surface area contributed by atoms with Gasteiger partial charge >= 0.3 is 0 Å². The normalized spacial score (nSPS) is 16.4. The van der Waals surface area contributed by atoms with Crippen LogP contribution in [0.1, 0.15) is 50.6 Å². The molecule has 5 nitrogen and oxygen atoms in total. The van der Waals surface area contributed by atoms with Crippen LogP contribution in [0, 0.1) is 12.8 Å². The fourth-order valence-corrected chi connectivity index (χ4v) is 3.96. The van der Waals surface area contributed by atoms with Gasteiger partial charge in [-0.1, -0.05) is 38.1 Å². The maximum absolute atomic E-state index is 13.4. The lowest BCUT2D eigenvalue weighted by Gasteiger charge is -2.39. The van der Waals surface area contributed by atoms with Crippen molar-refractivity contribution in [2.45, 2.75) is 53.2 Å². The number of amides is 2. The summed E-state index contributed by atoms with van der Waals surface area (Å²) in [6, 6.07) is 12.2. The fourth-order valence-electron chi connectivity index (χ4n) is 3.96. The van der Waals surface area contributed by atoms with Crippen molar-refractivity contribution in [1.82, 2.24) is 14.4 Å². The van der Waals surface area contributed by atoms with E-state index in [1.54, 1.807) is 4.90 Å². The highest BCUT2D eigenvalue weighted by molar-refractivity contribution is 5.86. The van der Waals surface area contributed by atoms with Gasteiger partial charge in [0, 0.05) is 36.9 Å². The van der Waals surface area contributed by atoms with Crippen LogP contribution in [0.4, 0.5) is 0 Å². The minimum Gasteiger partial charge on any atom is -0.348 e. The van der Waals surface area contributed by atoms with Crippen molar-refractivity contribution in [1.29, 1.82) is 0 Å². The van der Waals surface area contributed by atoms with Gasteiger partial charge in [-0.3, -0.25) is 9.59 Å². The second-order valence-electron chi connectivity index (χ2n) is 8.19. The predicted octanol–water partition coefficient (Wildman–Crippen LogP) is 3.62. The third-order valence-corrected chi connectivity index (χ3v) is 5.55. The van der Waals surface area contributed by atoms with Gasteiger partial charge in [0.05, 0.1) is 6.04 Å². The number of carbonyl (C=O) groups is 2. The second-order valence-corrected chi connectivity index (χ2v) is 8.19. The molecule has 1 atom stereocenters. The zero-order chi connectivity index (χ0) is 20.4. The number of hydrogen-bond donors (Lipinski definition) is 0. The number of nitrogens with zero attached hydrogens (tertiary/aromatic N) is 3. The largest absolute Gasteiger partial charge is 0.348 e. The van der Waals surface area contributed by atoms with Crippen molar-refractivity contribution in [2.24, 2.45) is 5.92 Å². The molecule has 0 saturated heterocycles. The average Bonchev–Trinajstić information content (AvgIpc) is 3.13. The van der Waals surface area contributed by atoms with Crippen LogP contribution in [-0.2, 0) is 16.1 Å². The van der Waals surface area contributed by atoms with Gasteiger partial charge in [-0.25, -0.2) is 0 Å². The summed E-state index contributed by atoms with van der Waals surface area (Å²) in [5.74, 6) is -0.0967. The first-order chi connectivity index (χ1) is 13.3. The minimum atomic E-state index is -0.124. The minimum absolute atomic E-state index is 0.00315. The molecule has 0 spiro atoms. The maximum atomic E-state index is 13.4. The lowest BCUT2D eigenvalue weighted by atomic mass is 9.95. The van der Waals surface area contributed by atoms with Crippen molar-refractivity contribution in [3.05, 3.63) is 59.4 Å². The van der Waals surface area contributed by atoms with Crippen molar-refractivity contribution in [3.8, 4) is 0 Å². The zero-order valence-electron chi connectivity index (χ0n) is 17.6. The summed E-state index contributed by atoms with van der Waals surface area (Å²) in [7, 11) is 0. The quantitative estimate of drug-likeness (QED) is 0.794. The molecule has 0 bridgehead atoms. The molecule has 150 valence electrons. The van der Waals surface area contributed by atoms with Gasteiger partial charge < -0.3 is 14.4 Å². The first-order valence-electron chi connectivity index (χ1n) is 10.1. The first kappa shape index (κ1) is 20.2. The zero-order valence-corrected chi connectivity index (χ0v) is 17.6. The number of fused-ring (bicyclic) bond motifs is 1. The van der Waals surface area contributed by atoms with Gasteiger partial charge in [-0.2, -0.15) is 0 Å². The van der Waals surface area contributed by atoms with E-state index in [4.69, 9.17) is 0 Å². The van der Waals surface area contributed by atoms with Crippen LogP contribution in [0.2, 0.25) is 0 Å². The highest BCUT2D eigenvalue weighted by atomic mass is 16.2. The number of aromatic nitrogens is 1. The average molecular weight is 382 g/mol. The van der Waals surface area contributed by atoms with Crippen LogP contribution in [-0.4, -0.2) is 45.3 Å². The molecule has 5 heteroatoms. The Bertz CT molecular complexity index is 853. The fraction of sp³-hybridized carbons (Fsp3) is 0.478. The van der Waals surface area contributed by atoms with Crippen LogP contribution in [0.3, 0.4) is 0 Å². The van der Waals surface area contributed by atoms with Crippen LogP contribution in [0.5, 0.6) is 0 Å². The molecule has 2 heterocycles. The Balaban J connectivity index is 1.94. The maximum Gasteiger partial charge on any atom is 0.243 e. The molecule has 0 fully saturated rings. The van der Waals surface area contributed by atoms with E-state index in [1.807, 2.05) is 50.8 Å². The van der Waals surface area contributed by atoms with E-state index in [1.165, 1.54) is 5.56 Å². The van der Waals surface area contributed by atoms with Crippen molar-refractivity contribution in [2.75, 3.05) is 13.1 Å². The van der Waals surface area contributed by atoms with E-state index >= 15 is 0 Å². The summed E-state index contributed by atoms with van der Waals surface area (Å²) in [6.07, 6.45) is 2.07. The standard InChI is InChI=1S/C23H31N3O2/c1-16(2)23(28)26(17(3)4)15-21(27)25-14-13-24-12-8-11-20(24)22(25)19-10-7-6-9-18(19)5/h6-12,16-17,22H,13-15H2,1-5H3. The molecular weight excluding hydrogens is 350 g/mol. The number of rotatable bonds is 5. The Morgan fingerprint density at radius 1 is 1.07 bits per heavy atom. The SMILES string of the molecule is Cc1ccccc1C1c2cccn2CCN1C(=O)CN(C(=O)C(C)C)C(C)C. The van der Waals surface area contributed by atoms with E-state index in [2.05, 4.69) is 35.9 Å². The van der Waals surface area contributed by atoms with Crippen LogP contribution < -0.4 is 0 Å². The molecule has 1 aliphatic heterocycles. The summed E-state index contributed by atoms with van der Waals surface area (Å²) in [5, 5.41) is 0. The van der Waals surface area contributed by atoms with Gasteiger partial charge in [0.15, 0.2) is 0 Å². The highest BCUT2D eigenvalue weighted by Gasteiger charge is 2.34. The lowest BCUT2D eigenvalue weighted by molar-refractivity contribution is -0.145. The molecule has 0 saturated carbocycles. The molecule has 0 N–H and O–H groups in total. The van der Waals surface area contributed by atoms with Crippen molar-refractivity contribution >= 4 is 11.8 Å². The van der Waals surface area contributed by atoms with Gasteiger partial charge in [-0.15, -0.1) is 0 Å². The first-order valence-corrected chi connectivity index (χ1v) is 10.1. The Morgan fingerprint density at radius 3 is 2.43 bits per heavy atom. The van der Waals surface area contributed by atoms with Gasteiger partial charge in [0.1, 0.15) is 6.54 Å². The Labute approximate surface area is 167 Å². The summed E-state index contributed by atoms with van der Waals surface area (Å²) in [6.45, 7) is 11.3. The van der Waals surface area contributed by atoms with E-state index < -0.39 is 0 Å². The Kier molecular flexibility index (Phi) is 5.92. The smallest absolute Gasteiger partial charge is 0.243 e. The molecule has 3 rings (SSSR count). The summed E-state index contributed by atoms with van der Waals surface area (Å²) < 4.78 is 2.22. The molecule has 0 aliphatic carbocycles. The molecule has 0 radical (unpaired) electrons. The van der Waals surface area contributed by atoms with Crippen molar-refractivity contribution in [3.63, 3.8) is 0 Å². The predicted molar refractivity (Wildman–Crippen MR) is 111 cm³/mol. The van der Waals surface area contributed by atoms with E-state index in [0.29, 0.717) is 6.54 Å². The lowest BCUT2D eigenvalue weighted by Crippen LogP contribution is -2.50. The van der Waals surface area contributed by atoms with Crippen LogP contribution in [0.25, 0.3) is 0 Å². The highest BCUT2D eigenvalue weighted by Crippen LogP contribution is 2.34. The number of hydrogen-bond acceptors (Lipinski definition) is 2. The number of benzene rings is 1.